The maximum atomic E-state index is 12.2. The summed E-state index contributed by atoms with van der Waals surface area (Å²) in [7, 11) is 0. The monoisotopic (exact) mass is 250 g/mol. The van der Waals surface area contributed by atoms with E-state index in [2.05, 4.69) is 4.98 Å². The molecule has 1 atom stereocenters. The van der Waals surface area contributed by atoms with Crippen molar-refractivity contribution in [1.82, 2.24) is 9.88 Å². The second-order valence-electron chi connectivity index (χ2n) is 4.55. The number of hydrogen-bond donors (Lipinski definition) is 2. The van der Waals surface area contributed by atoms with Crippen molar-refractivity contribution in [2.75, 3.05) is 6.54 Å². The summed E-state index contributed by atoms with van der Waals surface area (Å²) in [6, 6.07) is 2.95. The van der Waals surface area contributed by atoms with Gasteiger partial charge in [0.25, 0.3) is 11.5 Å². The number of pyridine rings is 1. The predicted molar refractivity (Wildman–Crippen MR) is 63.4 cm³/mol. The highest BCUT2D eigenvalue weighted by Crippen LogP contribution is 2.30. The average molecular weight is 250 g/mol. The van der Waals surface area contributed by atoms with Gasteiger partial charge in [-0.1, -0.05) is 0 Å². The first-order valence-electron chi connectivity index (χ1n) is 5.70. The number of carbonyl (C=O) groups is 2. The van der Waals surface area contributed by atoms with E-state index in [4.69, 9.17) is 0 Å². The maximum Gasteiger partial charge on any atom is 0.329 e. The van der Waals surface area contributed by atoms with Crippen molar-refractivity contribution >= 4 is 11.9 Å². The minimum absolute atomic E-state index is 0.0214. The Morgan fingerprint density at radius 3 is 2.83 bits per heavy atom. The number of carboxylic acid groups (broad SMARTS) is 1. The van der Waals surface area contributed by atoms with Crippen molar-refractivity contribution in [2.24, 2.45) is 0 Å². The zero-order valence-electron chi connectivity index (χ0n) is 9.97. The third-order valence-corrected chi connectivity index (χ3v) is 3.40. The lowest BCUT2D eigenvalue weighted by molar-refractivity contribution is -0.147. The molecular formula is C12H14N2O4. The van der Waals surface area contributed by atoms with Gasteiger partial charge in [0, 0.05) is 12.7 Å². The van der Waals surface area contributed by atoms with Gasteiger partial charge in [-0.2, -0.15) is 0 Å². The first-order valence-corrected chi connectivity index (χ1v) is 5.70. The zero-order chi connectivity index (χ0) is 13.3. The highest BCUT2D eigenvalue weighted by atomic mass is 16.4. The number of aromatic nitrogens is 1. The van der Waals surface area contributed by atoms with E-state index in [0.29, 0.717) is 19.4 Å². The SMILES string of the molecule is CC1(C(=O)O)CCCN1C(=O)c1ccc[nH]c1=O. The minimum atomic E-state index is -1.22. The van der Waals surface area contributed by atoms with Crippen molar-refractivity contribution in [2.45, 2.75) is 25.3 Å². The fraction of sp³-hybridized carbons (Fsp3) is 0.417. The van der Waals surface area contributed by atoms with Gasteiger partial charge in [-0.3, -0.25) is 9.59 Å². The zero-order valence-corrected chi connectivity index (χ0v) is 9.97. The molecule has 6 nitrogen and oxygen atoms in total. The Kier molecular flexibility index (Phi) is 2.94. The third-order valence-electron chi connectivity index (χ3n) is 3.40. The first kappa shape index (κ1) is 12.3. The highest BCUT2D eigenvalue weighted by Gasteiger charge is 2.46. The smallest absolute Gasteiger partial charge is 0.329 e. The number of carbonyl (C=O) groups excluding carboxylic acids is 1. The lowest BCUT2D eigenvalue weighted by Gasteiger charge is -2.30. The van der Waals surface area contributed by atoms with Crippen LogP contribution in [0.5, 0.6) is 0 Å². The van der Waals surface area contributed by atoms with Crippen LogP contribution in [0, 0.1) is 0 Å². The number of nitrogens with one attached hydrogen (secondary N) is 1. The van der Waals surface area contributed by atoms with Crippen LogP contribution in [0.1, 0.15) is 30.1 Å². The molecule has 1 aromatic rings. The van der Waals surface area contributed by atoms with E-state index in [1.165, 1.54) is 24.1 Å². The molecule has 18 heavy (non-hydrogen) atoms. The molecule has 1 amide bonds. The van der Waals surface area contributed by atoms with Crippen LogP contribution < -0.4 is 5.56 Å². The van der Waals surface area contributed by atoms with Gasteiger partial charge in [0.15, 0.2) is 0 Å². The Morgan fingerprint density at radius 2 is 2.22 bits per heavy atom. The minimum Gasteiger partial charge on any atom is -0.480 e. The molecule has 2 N–H and O–H groups in total. The number of aliphatic carboxylic acids is 1. The molecule has 96 valence electrons. The van der Waals surface area contributed by atoms with Crippen LogP contribution in [0.3, 0.4) is 0 Å². The molecule has 0 saturated carbocycles. The Balaban J connectivity index is 2.38. The molecular weight excluding hydrogens is 236 g/mol. The molecule has 0 bridgehead atoms. The third kappa shape index (κ3) is 1.79. The summed E-state index contributed by atoms with van der Waals surface area (Å²) in [6.07, 6.45) is 2.46. The van der Waals surface area contributed by atoms with Gasteiger partial charge >= 0.3 is 5.97 Å². The van der Waals surface area contributed by atoms with E-state index in [0.717, 1.165) is 0 Å². The largest absolute Gasteiger partial charge is 0.480 e. The molecule has 0 aromatic carbocycles. The second kappa shape index (κ2) is 4.29. The molecule has 1 saturated heterocycles. The number of carboxylic acids is 1. The summed E-state index contributed by atoms with van der Waals surface area (Å²) in [5.41, 5.74) is -1.74. The van der Waals surface area contributed by atoms with Crippen molar-refractivity contribution in [1.29, 1.82) is 0 Å². The lowest BCUT2D eigenvalue weighted by Crippen LogP contribution is -2.51. The predicted octanol–water partition coefficient (Wildman–Crippen LogP) is 0.454. The summed E-state index contributed by atoms with van der Waals surface area (Å²) in [6.45, 7) is 1.87. The van der Waals surface area contributed by atoms with Crippen LogP contribution >= 0.6 is 0 Å². The average Bonchev–Trinajstić information content (AvgIpc) is 2.72. The number of hydrogen-bond acceptors (Lipinski definition) is 3. The molecule has 1 aromatic heterocycles. The Labute approximate surface area is 103 Å². The van der Waals surface area contributed by atoms with E-state index >= 15 is 0 Å². The number of amides is 1. The molecule has 1 fully saturated rings. The quantitative estimate of drug-likeness (QED) is 0.797. The summed E-state index contributed by atoms with van der Waals surface area (Å²) in [4.78, 5) is 38.7. The molecule has 1 aliphatic heterocycles. The van der Waals surface area contributed by atoms with E-state index in [1.807, 2.05) is 0 Å². The fourth-order valence-corrected chi connectivity index (χ4v) is 2.25. The van der Waals surface area contributed by atoms with Gasteiger partial charge in [-0.25, -0.2) is 4.79 Å². The summed E-state index contributed by atoms with van der Waals surface area (Å²) < 4.78 is 0. The standard InChI is InChI=1S/C12H14N2O4/c1-12(11(17)18)5-3-7-14(12)10(16)8-4-2-6-13-9(8)15/h2,4,6H,3,5,7H2,1H3,(H,13,15)(H,17,18). The second-order valence-corrected chi connectivity index (χ2v) is 4.55. The maximum absolute atomic E-state index is 12.2. The summed E-state index contributed by atoms with van der Waals surface area (Å²) in [5.74, 6) is -1.57. The fourth-order valence-electron chi connectivity index (χ4n) is 2.25. The summed E-state index contributed by atoms with van der Waals surface area (Å²) >= 11 is 0. The van der Waals surface area contributed by atoms with Gasteiger partial charge in [-0.15, -0.1) is 0 Å². The number of rotatable bonds is 2. The van der Waals surface area contributed by atoms with E-state index in [9.17, 15) is 19.5 Å². The Morgan fingerprint density at radius 1 is 1.50 bits per heavy atom. The van der Waals surface area contributed by atoms with Crippen molar-refractivity contribution in [3.05, 3.63) is 34.2 Å². The molecule has 1 aliphatic rings. The Bertz CT molecular complexity index is 551. The molecule has 2 rings (SSSR count). The number of H-pyrrole nitrogens is 1. The number of aromatic amines is 1. The van der Waals surface area contributed by atoms with Crippen molar-refractivity contribution in [3.63, 3.8) is 0 Å². The van der Waals surface area contributed by atoms with Crippen LogP contribution in [0.2, 0.25) is 0 Å². The van der Waals surface area contributed by atoms with Crippen LogP contribution in [0.15, 0.2) is 23.1 Å². The Hall–Kier alpha value is -2.11. The van der Waals surface area contributed by atoms with Crippen LogP contribution in [0.25, 0.3) is 0 Å². The topological polar surface area (TPSA) is 90.5 Å². The van der Waals surface area contributed by atoms with E-state index < -0.39 is 23.0 Å². The normalized spacial score (nSPS) is 23.1. The van der Waals surface area contributed by atoms with Gasteiger partial charge in [0.1, 0.15) is 11.1 Å². The van der Waals surface area contributed by atoms with Crippen LogP contribution in [-0.2, 0) is 4.79 Å². The first-order chi connectivity index (χ1) is 8.47. The number of likely N-dealkylation sites (tertiary alicyclic amines) is 1. The van der Waals surface area contributed by atoms with Gasteiger partial charge in [-0.05, 0) is 31.9 Å². The van der Waals surface area contributed by atoms with Gasteiger partial charge in [0.2, 0.25) is 0 Å². The molecule has 1 unspecified atom stereocenters. The van der Waals surface area contributed by atoms with Crippen LogP contribution in [-0.4, -0.2) is 39.0 Å². The van der Waals surface area contributed by atoms with Gasteiger partial charge < -0.3 is 15.0 Å². The van der Waals surface area contributed by atoms with E-state index in [-0.39, 0.29) is 5.56 Å². The number of nitrogens with zero attached hydrogens (tertiary/aromatic N) is 1. The molecule has 0 radical (unpaired) electrons. The van der Waals surface area contributed by atoms with E-state index in [1.54, 1.807) is 6.07 Å². The van der Waals surface area contributed by atoms with Crippen LogP contribution in [0.4, 0.5) is 0 Å². The molecule has 6 heteroatoms. The van der Waals surface area contributed by atoms with Crippen molar-refractivity contribution in [3.8, 4) is 0 Å². The van der Waals surface area contributed by atoms with Gasteiger partial charge in [0.05, 0.1) is 0 Å². The summed E-state index contributed by atoms with van der Waals surface area (Å²) in [5, 5.41) is 9.23. The van der Waals surface area contributed by atoms with Crippen molar-refractivity contribution < 1.29 is 14.7 Å². The lowest BCUT2D eigenvalue weighted by atomic mass is 9.99. The molecule has 0 spiro atoms. The highest BCUT2D eigenvalue weighted by molar-refractivity contribution is 5.97. The molecule has 2 heterocycles. The molecule has 0 aliphatic carbocycles.